The number of hydrogen-bond donors (Lipinski definition) is 2. The Bertz CT molecular complexity index is 465. The zero-order chi connectivity index (χ0) is 17.2. The molecule has 130 valence electrons. The minimum absolute atomic E-state index is 0.0809. The van der Waals surface area contributed by atoms with Gasteiger partial charge in [0.1, 0.15) is 0 Å². The first kappa shape index (κ1) is 19.8. The Labute approximate surface area is 144 Å². The van der Waals surface area contributed by atoms with E-state index in [0.717, 1.165) is 25.1 Å². The van der Waals surface area contributed by atoms with Crippen molar-refractivity contribution in [2.24, 2.45) is 11.7 Å². The summed E-state index contributed by atoms with van der Waals surface area (Å²) in [4.78, 5) is 12.4. The van der Waals surface area contributed by atoms with Crippen LogP contribution in [0.3, 0.4) is 0 Å². The predicted octanol–water partition coefficient (Wildman–Crippen LogP) is 3.25. The summed E-state index contributed by atoms with van der Waals surface area (Å²) in [7, 11) is 1.38. The van der Waals surface area contributed by atoms with E-state index in [1.54, 1.807) is 11.9 Å². The van der Waals surface area contributed by atoms with Crippen LogP contribution in [0.4, 0.5) is 4.79 Å². The highest BCUT2D eigenvalue weighted by Gasteiger charge is 2.13. The molecule has 1 atom stereocenters. The van der Waals surface area contributed by atoms with Gasteiger partial charge in [-0.05, 0) is 48.9 Å². The van der Waals surface area contributed by atoms with E-state index in [2.05, 4.69) is 52.5 Å². The van der Waals surface area contributed by atoms with E-state index in [-0.39, 0.29) is 12.1 Å². The highest BCUT2D eigenvalue weighted by molar-refractivity contribution is 7.97. The van der Waals surface area contributed by atoms with Crippen LogP contribution in [0.5, 0.6) is 0 Å². The lowest BCUT2D eigenvalue weighted by atomic mass is 10.2. The fourth-order valence-electron chi connectivity index (χ4n) is 2.09. The molecule has 0 spiro atoms. The summed E-state index contributed by atoms with van der Waals surface area (Å²) >= 11 is 1.75. The largest absolute Gasteiger partial charge is 0.453 e. The molecule has 0 radical (unpaired) electrons. The van der Waals surface area contributed by atoms with Crippen LogP contribution in [-0.2, 0) is 11.3 Å². The number of nitrogens with zero attached hydrogens (tertiary/aromatic N) is 1. The summed E-state index contributed by atoms with van der Waals surface area (Å²) in [5.41, 5.74) is 6.78. The molecule has 5 nitrogen and oxygen atoms in total. The number of hydrogen-bond acceptors (Lipinski definition) is 5. The fourth-order valence-corrected chi connectivity index (χ4v) is 3.21. The number of carbonyl (C=O) groups is 1. The lowest BCUT2D eigenvalue weighted by Gasteiger charge is -2.24. The summed E-state index contributed by atoms with van der Waals surface area (Å²) in [6.45, 7) is 8.87. The van der Waals surface area contributed by atoms with E-state index in [9.17, 15) is 4.79 Å². The van der Waals surface area contributed by atoms with E-state index in [0.29, 0.717) is 12.5 Å². The molecule has 0 heterocycles. The lowest BCUT2D eigenvalue weighted by Crippen LogP contribution is -2.35. The number of nitrogens with two attached hydrogens (primary N) is 1. The highest BCUT2D eigenvalue weighted by atomic mass is 32.2. The maximum atomic E-state index is 11.2. The number of rotatable bonds is 9. The molecule has 1 rings (SSSR count). The first-order chi connectivity index (χ1) is 10.9. The second-order valence-corrected chi connectivity index (χ2v) is 7.22. The van der Waals surface area contributed by atoms with Gasteiger partial charge in [-0.25, -0.2) is 9.10 Å². The quantitative estimate of drug-likeness (QED) is 0.676. The Morgan fingerprint density at radius 2 is 1.96 bits per heavy atom. The molecular weight excluding hydrogens is 310 g/mol. The second kappa shape index (κ2) is 10.5. The Hall–Kier alpha value is -1.24. The van der Waals surface area contributed by atoms with Crippen molar-refractivity contribution in [1.82, 2.24) is 9.62 Å². The van der Waals surface area contributed by atoms with Crippen molar-refractivity contribution in [2.45, 2.75) is 44.7 Å². The zero-order valence-corrected chi connectivity index (χ0v) is 15.4. The summed E-state index contributed by atoms with van der Waals surface area (Å²) in [6.07, 6.45) is 0.494. The molecule has 6 heteroatoms. The molecule has 0 aliphatic rings. The summed E-state index contributed by atoms with van der Waals surface area (Å²) < 4.78 is 6.98. The molecule has 0 aliphatic heterocycles. The van der Waals surface area contributed by atoms with Crippen molar-refractivity contribution in [3.63, 3.8) is 0 Å². The third-order valence-electron chi connectivity index (χ3n) is 3.32. The number of amides is 1. The minimum atomic E-state index is -0.377. The number of benzene rings is 1. The van der Waals surface area contributed by atoms with Gasteiger partial charge in [-0.15, -0.1) is 0 Å². The number of nitrogens with one attached hydrogen (secondary N) is 1. The SMILES string of the molecule is COC(=O)NC(C)CCN(CC(C)C)Sc1ccc(CN)cc1. The molecule has 1 amide bonds. The molecule has 3 N–H and O–H groups in total. The van der Waals surface area contributed by atoms with E-state index in [4.69, 9.17) is 5.73 Å². The van der Waals surface area contributed by atoms with Crippen LogP contribution in [0, 0.1) is 5.92 Å². The average molecular weight is 340 g/mol. The van der Waals surface area contributed by atoms with Gasteiger partial charge in [0.15, 0.2) is 0 Å². The van der Waals surface area contributed by atoms with Crippen molar-refractivity contribution in [1.29, 1.82) is 0 Å². The Morgan fingerprint density at radius 1 is 1.30 bits per heavy atom. The van der Waals surface area contributed by atoms with E-state index < -0.39 is 0 Å². The molecule has 1 aromatic carbocycles. The van der Waals surface area contributed by atoms with Gasteiger partial charge in [0.25, 0.3) is 0 Å². The van der Waals surface area contributed by atoms with Gasteiger partial charge in [-0.2, -0.15) is 0 Å². The standard InChI is InChI=1S/C17H29N3O2S/c1-13(2)12-20(10-9-14(3)19-17(21)22-4)23-16-7-5-15(11-18)6-8-16/h5-8,13-14H,9-12,18H2,1-4H3,(H,19,21). The van der Waals surface area contributed by atoms with Gasteiger partial charge in [0.2, 0.25) is 0 Å². The highest BCUT2D eigenvalue weighted by Crippen LogP contribution is 2.24. The number of carbonyl (C=O) groups excluding carboxylic acids is 1. The second-order valence-electron chi connectivity index (χ2n) is 6.05. The van der Waals surface area contributed by atoms with E-state index in [1.807, 2.05) is 6.92 Å². The predicted molar refractivity (Wildman–Crippen MR) is 96.2 cm³/mol. The lowest BCUT2D eigenvalue weighted by molar-refractivity contribution is 0.166. The average Bonchev–Trinajstić information content (AvgIpc) is 2.52. The fraction of sp³-hybridized carbons (Fsp3) is 0.588. The molecule has 0 aliphatic carbocycles. The Morgan fingerprint density at radius 3 is 2.48 bits per heavy atom. The molecule has 0 saturated heterocycles. The zero-order valence-electron chi connectivity index (χ0n) is 14.5. The minimum Gasteiger partial charge on any atom is -0.453 e. The first-order valence-electron chi connectivity index (χ1n) is 8.01. The van der Waals surface area contributed by atoms with E-state index in [1.165, 1.54) is 12.0 Å². The van der Waals surface area contributed by atoms with Crippen molar-refractivity contribution in [2.75, 3.05) is 20.2 Å². The smallest absolute Gasteiger partial charge is 0.407 e. The molecule has 0 fully saturated rings. The van der Waals surface area contributed by atoms with Crippen molar-refractivity contribution < 1.29 is 9.53 Å². The third kappa shape index (κ3) is 8.25. The summed E-state index contributed by atoms with van der Waals surface area (Å²) in [6, 6.07) is 8.43. The molecule has 1 unspecified atom stereocenters. The molecule has 0 saturated carbocycles. The monoisotopic (exact) mass is 339 g/mol. The van der Waals surface area contributed by atoms with E-state index >= 15 is 0 Å². The number of alkyl carbamates (subject to hydrolysis) is 1. The van der Waals surface area contributed by atoms with Crippen LogP contribution >= 0.6 is 11.9 Å². The number of ether oxygens (including phenoxy) is 1. The van der Waals surface area contributed by atoms with Crippen molar-refractivity contribution in [3.05, 3.63) is 29.8 Å². The van der Waals surface area contributed by atoms with Gasteiger partial charge >= 0.3 is 6.09 Å². The van der Waals surface area contributed by atoms with Gasteiger partial charge < -0.3 is 15.8 Å². The van der Waals surface area contributed by atoms with Crippen molar-refractivity contribution >= 4 is 18.0 Å². The molecule has 0 aromatic heterocycles. The Balaban J connectivity index is 2.55. The Kier molecular flexibility index (Phi) is 9.06. The summed E-state index contributed by atoms with van der Waals surface area (Å²) in [5, 5.41) is 2.81. The van der Waals surface area contributed by atoms with Gasteiger partial charge in [-0.1, -0.05) is 26.0 Å². The van der Waals surface area contributed by atoms with Gasteiger partial charge in [0, 0.05) is 30.6 Å². The van der Waals surface area contributed by atoms with Crippen LogP contribution in [0.2, 0.25) is 0 Å². The third-order valence-corrected chi connectivity index (χ3v) is 4.40. The van der Waals surface area contributed by atoms with Crippen LogP contribution in [0.15, 0.2) is 29.2 Å². The molecule has 23 heavy (non-hydrogen) atoms. The normalized spacial score (nSPS) is 12.5. The van der Waals surface area contributed by atoms with Crippen LogP contribution < -0.4 is 11.1 Å². The van der Waals surface area contributed by atoms with Crippen LogP contribution in [0.25, 0.3) is 0 Å². The molecule has 1 aromatic rings. The van der Waals surface area contributed by atoms with Crippen LogP contribution in [-0.4, -0.2) is 36.6 Å². The maximum Gasteiger partial charge on any atom is 0.407 e. The topological polar surface area (TPSA) is 67.6 Å². The first-order valence-corrected chi connectivity index (χ1v) is 8.78. The number of methoxy groups -OCH3 is 1. The van der Waals surface area contributed by atoms with Crippen molar-refractivity contribution in [3.8, 4) is 0 Å². The molecule has 0 bridgehead atoms. The van der Waals surface area contributed by atoms with Gasteiger partial charge in [0.05, 0.1) is 7.11 Å². The maximum absolute atomic E-state index is 11.2. The van der Waals surface area contributed by atoms with Gasteiger partial charge in [-0.3, -0.25) is 0 Å². The molecular formula is C17H29N3O2S. The summed E-state index contributed by atoms with van der Waals surface area (Å²) in [5.74, 6) is 0.578. The van der Waals surface area contributed by atoms with Crippen LogP contribution in [0.1, 0.15) is 32.8 Å².